The molecule has 0 radical (unpaired) electrons. The summed E-state index contributed by atoms with van der Waals surface area (Å²) >= 11 is 4.68. The molecule has 3 aromatic carbocycles. The van der Waals surface area contributed by atoms with Gasteiger partial charge in [-0.1, -0.05) is 48.2 Å². The Morgan fingerprint density at radius 3 is 2.58 bits per heavy atom. The molecule has 31 heavy (non-hydrogen) atoms. The van der Waals surface area contributed by atoms with Crippen molar-refractivity contribution in [3.63, 3.8) is 0 Å². The number of carbonyl (C=O) groups is 1. The number of para-hydroxylation sites is 2. The smallest absolute Gasteiger partial charge is 0.266 e. The van der Waals surface area contributed by atoms with Gasteiger partial charge in [-0.3, -0.25) is 14.2 Å². The fourth-order valence-corrected chi connectivity index (χ4v) is 4.47. The number of hydrogen-bond donors (Lipinski definition) is 1. The van der Waals surface area contributed by atoms with Crippen LogP contribution in [0.2, 0.25) is 0 Å². The predicted molar refractivity (Wildman–Crippen MR) is 130 cm³/mol. The summed E-state index contributed by atoms with van der Waals surface area (Å²) in [4.78, 5) is 30.7. The molecule has 1 N–H and O–H groups in total. The molecule has 0 saturated carbocycles. The Morgan fingerprint density at radius 1 is 1.03 bits per heavy atom. The molecule has 0 bridgehead atoms. The maximum Gasteiger partial charge on any atom is 0.266 e. The van der Waals surface area contributed by atoms with Gasteiger partial charge in [-0.25, -0.2) is 4.98 Å². The molecule has 0 atom stereocenters. The van der Waals surface area contributed by atoms with Crippen molar-refractivity contribution >= 4 is 50.2 Å². The van der Waals surface area contributed by atoms with Crippen LogP contribution in [-0.4, -0.2) is 21.2 Å². The van der Waals surface area contributed by atoms with Crippen LogP contribution in [0, 0.1) is 13.8 Å². The average Bonchev–Trinajstić information content (AvgIpc) is 2.76. The van der Waals surface area contributed by atoms with E-state index in [1.807, 2.05) is 74.5 Å². The minimum atomic E-state index is -0.174. The fourth-order valence-electron chi connectivity index (χ4n) is 3.28. The zero-order valence-electron chi connectivity index (χ0n) is 17.1. The standard InChI is InChI=1S/C24H20BrN3O2S/c1-15-8-7-13-21(16(15)2)28-23(30)17-9-3-5-11-19(17)27-24(28)31-14-22(29)26-20-12-6-4-10-18(20)25/h3-13H,14H2,1-2H3,(H,26,29). The summed E-state index contributed by atoms with van der Waals surface area (Å²) in [6.45, 7) is 4.00. The summed E-state index contributed by atoms with van der Waals surface area (Å²) < 4.78 is 2.42. The number of aryl methyl sites for hydroxylation is 1. The van der Waals surface area contributed by atoms with Crippen LogP contribution in [0.3, 0.4) is 0 Å². The lowest BCUT2D eigenvalue weighted by Crippen LogP contribution is -2.23. The third-order valence-electron chi connectivity index (χ3n) is 5.04. The number of anilines is 1. The van der Waals surface area contributed by atoms with E-state index in [9.17, 15) is 9.59 Å². The molecule has 5 nitrogen and oxygen atoms in total. The number of hydrogen-bond acceptors (Lipinski definition) is 4. The van der Waals surface area contributed by atoms with Gasteiger partial charge >= 0.3 is 0 Å². The topological polar surface area (TPSA) is 64.0 Å². The van der Waals surface area contributed by atoms with Crippen LogP contribution in [0.5, 0.6) is 0 Å². The van der Waals surface area contributed by atoms with Crippen molar-refractivity contribution in [3.8, 4) is 5.69 Å². The number of aromatic nitrogens is 2. The molecule has 0 aliphatic rings. The highest BCUT2D eigenvalue weighted by Crippen LogP contribution is 2.25. The molecule has 7 heteroatoms. The number of benzene rings is 3. The molecular weight excluding hydrogens is 474 g/mol. The second kappa shape index (κ2) is 9.08. The van der Waals surface area contributed by atoms with E-state index in [0.29, 0.717) is 21.7 Å². The largest absolute Gasteiger partial charge is 0.324 e. The molecule has 1 amide bonds. The molecule has 156 valence electrons. The van der Waals surface area contributed by atoms with Crippen LogP contribution >= 0.6 is 27.7 Å². The van der Waals surface area contributed by atoms with Gasteiger partial charge in [0.25, 0.3) is 5.56 Å². The summed E-state index contributed by atoms with van der Waals surface area (Å²) in [5, 5.41) is 3.92. The van der Waals surface area contributed by atoms with Crippen molar-refractivity contribution in [1.29, 1.82) is 0 Å². The Balaban J connectivity index is 1.73. The van der Waals surface area contributed by atoms with Crippen LogP contribution < -0.4 is 10.9 Å². The van der Waals surface area contributed by atoms with Crippen LogP contribution in [0.4, 0.5) is 5.69 Å². The summed E-state index contributed by atoms with van der Waals surface area (Å²) in [5.74, 6) is -0.0522. The first-order valence-electron chi connectivity index (χ1n) is 9.71. The van der Waals surface area contributed by atoms with Crippen molar-refractivity contribution in [1.82, 2.24) is 9.55 Å². The molecule has 0 unspecified atom stereocenters. The van der Waals surface area contributed by atoms with Gasteiger partial charge in [0.2, 0.25) is 5.91 Å². The Hall–Kier alpha value is -2.90. The number of rotatable bonds is 5. The molecule has 1 aromatic heterocycles. The van der Waals surface area contributed by atoms with E-state index in [-0.39, 0.29) is 17.2 Å². The van der Waals surface area contributed by atoms with Crippen LogP contribution in [0.15, 0.2) is 81.2 Å². The van der Waals surface area contributed by atoms with Gasteiger partial charge in [0, 0.05) is 4.47 Å². The number of nitrogens with zero attached hydrogens (tertiary/aromatic N) is 2. The molecule has 0 aliphatic carbocycles. The van der Waals surface area contributed by atoms with E-state index in [1.54, 1.807) is 10.6 Å². The Kier molecular flexibility index (Phi) is 6.25. The van der Waals surface area contributed by atoms with E-state index in [2.05, 4.69) is 21.2 Å². The molecular formula is C24H20BrN3O2S. The number of nitrogens with one attached hydrogen (secondary N) is 1. The average molecular weight is 494 g/mol. The second-order valence-electron chi connectivity index (χ2n) is 7.09. The highest BCUT2D eigenvalue weighted by Gasteiger charge is 2.17. The summed E-state index contributed by atoms with van der Waals surface area (Å²) in [5.41, 5.74) is 4.03. The maximum atomic E-state index is 13.4. The van der Waals surface area contributed by atoms with Crippen molar-refractivity contribution in [3.05, 3.63) is 92.7 Å². The number of halogens is 1. The Morgan fingerprint density at radius 2 is 1.77 bits per heavy atom. The van der Waals surface area contributed by atoms with Gasteiger partial charge in [0.05, 0.1) is 28.0 Å². The number of thioether (sulfide) groups is 1. The third-order valence-corrected chi connectivity index (χ3v) is 6.67. The predicted octanol–water partition coefficient (Wildman–Crippen LogP) is 5.50. The van der Waals surface area contributed by atoms with Gasteiger partial charge in [0.1, 0.15) is 0 Å². The summed E-state index contributed by atoms with van der Waals surface area (Å²) in [6, 6.07) is 20.6. The Bertz CT molecular complexity index is 1350. The maximum absolute atomic E-state index is 13.4. The lowest BCUT2D eigenvalue weighted by Gasteiger charge is -2.16. The molecule has 0 saturated heterocycles. The fraction of sp³-hybridized carbons (Fsp3) is 0.125. The number of fused-ring (bicyclic) bond motifs is 1. The van der Waals surface area contributed by atoms with Gasteiger partial charge in [-0.05, 0) is 71.2 Å². The summed E-state index contributed by atoms with van der Waals surface area (Å²) in [6.07, 6.45) is 0. The zero-order chi connectivity index (χ0) is 22.0. The molecule has 0 fully saturated rings. The van der Waals surface area contributed by atoms with Crippen LogP contribution in [0.1, 0.15) is 11.1 Å². The van der Waals surface area contributed by atoms with E-state index in [4.69, 9.17) is 4.98 Å². The Labute approximate surface area is 192 Å². The number of carbonyl (C=O) groups excluding carboxylic acids is 1. The summed E-state index contributed by atoms with van der Waals surface area (Å²) in [7, 11) is 0. The monoisotopic (exact) mass is 493 g/mol. The first kappa shape index (κ1) is 21.3. The lowest BCUT2D eigenvalue weighted by molar-refractivity contribution is -0.113. The van der Waals surface area contributed by atoms with Crippen molar-refractivity contribution in [2.45, 2.75) is 19.0 Å². The van der Waals surface area contributed by atoms with Gasteiger partial charge < -0.3 is 5.32 Å². The van der Waals surface area contributed by atoms with E-state index < -0.39 is 0 Å². The van der Waals surface area contributed by atoms with Crippen molar-refractivity contribution < 1.29 is 4.79 Å². The molecule has 1 heterocycles. The van der Waals surface area contributed by atoms with Gasteiger partial charge in [-0.2, -0.15) is 0 Å². The van der Waals surface area contributed by atoms with E-state index in [1.165, 1.54) is 11.8 Å². The quantitative estimate of drug-likeness (QED) is 0.294. The molecule has 4 rings (SSSR count). The first-order valence-corrected chi connectivity index (χ1v) is 11.5. The molecule has 0 spiro atoms. The van der Waals surface area contributed by atoms with Crippen molar-refractivity contribution in [2.24, 2.45) is 0 Å². The van der Waals surface area contributed by atoms with Crippen LogP contribution in [0.25, 0.3) is 16.6 Å². The third kappa shape index (κ3) is 4.43. The van der Waals surface area contributed by atoms with Gasteiger partial charge in [0.15, 0.2) is 5.16 Å². The second-order valence-corrected chi connectivity index (χ2v) is 8.88. The van der Waals surface area contributed by atoms with Gasteiger partial charge in [-0.15, -0.1) is 0 Å². The minimum absolute atomic E-state index is 0.122. The SMILES string of the molecule is Cc1cccc(-n2c(SCC(=O)Nc3ccccc3Br)nc3ccccc3c2=O)c1C. The van der Waals surface area contributed by atoms with Crippen molar-refractivity contribution in [2.75, 3.05) is 11.1 Å². The van der Waals surface area contributed by atoms with Crippen LogP contribution in [-0.2, 0) is 4.79 Å². The minimum Gasteiger partial charge on any atom is -0.324 e. The molecule has 4 aromatic rings. The molecule has 0 aliphatic heterocycles. The normalized spacial score (nSPS) is 10.9. The van der Waals surface area contributed by atoms with E-state index in [0.717, 1.165) is 21.3 Å². The zero-order valence-corrected chi connectivity index (χ0v) is 19.5. The first-order chi connectivity index (χ1) is 15.0. The number of amides is 1. The van der Waals surface area contributed by atoms with E-state index >= 15 is 0 Å². The highest BCUT2D eigenvalue weighted by molar-refractivity contribution is 9.10. The lowest BCUT2D eigenvalue weighted by atomic mass is 10.1. The highest BCUT2D eigenvalue weighted by atomic mass is 79.9.